The Kier molecular flexibility index (Phi) is 6.02. The normalized spacial score (nSPS) is 14.0. The Hall–Kier alpha value is -3.61. The van der Waals surface area contributed by atoms with E-state index in [0.29, 0.717) is 11.5 Å². The lowest BCUT2D eigenvalue weighted by atomic mass is 10.0. The first-order valence-corrected chi connectivity index (χ1v) is 10.7. The van der Waals surface area contributed by atoms with Gasteiger partial charge in [-0.1, -0.05) is 32.4 Å². The number of urea groups is 1. The molecule has 7 heteroatoms. The van der Waals surface area contributed by atoms with Crippen LogP contribution in [0, 0.1) is 0 Å². The van der Waals surface area contributed by atoms with Gasteiger partial charge in [-0.15, -0.1) is 0 Å². The first-order valence-electron chi connectivity index (χ1n) is 10.7. The predicted octanol–water partition coefficient (Wildman–Crippen LogP) is 4.44. The highest BCUT2D eigenvalue weighted by Gasteiger charge is 2.29. The number of nitrogens with one attached hydrogen (secondary N) is 2. The smallest absolute Gasteiger partial charge is 0.324 e. The molecule has 0 saturated carbocycles. The van der Waals surface area contributed by atoms with E-state index >= 15 is 0 Å². The molecule has 1 aliphatic rings. The van der Waals surface area contributed by atoms with Crippen molar-refractivity contribution in [1.29, 1.82) is 0 Å². The molecule has 2 N–H and O–H groups in total. The molecule has 1 aliphatic heterocycles. The molecule has 0 saturated heterocycles. The maximum absolute atomic E-state index is 13.2. The van der Waals surface area contributed by atoms with Crippen LogP contribution in [0.15, 0.2) is 61.1 Å². The summed E-state index contributed by atoms with van der Waals surface area (Å²) >= 11 is 0. The number of hydrogen-bond acceptors (Lipinski definition) is 3. The minimum Gasteiger partial charge on any atom is -0.331 e. The molecule has 1 aromatic carbocycles. The van der Waals surface area contributed by atoms with Crippen LogP contribution in [0.5, 0.6) is 0 Å². The molecule has 4 rings (SSSR count). The molecule has 0 spiro atoms. The highest BCUT2D eigenvalue weighted by Crippen LogP contribution is 2.29. The van der Waals surface area contributed by atoms with Crippen molar-refractivity contribution in [1.82, 2.24) is 14.9 Å². The van der Waals surface area contributed by atoms with Gasteiger partial charge in [-0.25, -0.2) is 9.78 Å². The summed E-state index contributed by atoms with van der Waals surface area (Å²) in [5.41, 5.74) is 3.68. The molecule has 3 heterocycles. The predicted molar refractivity (Wildman–Crippen MR) is 122 cm³/mol. The van der Waals surface area contributed by atoms with Gasteiger partial charge in [0.1, 0.15) is 6.54 Å². The summed E-state index contributed by atoms with van der Waals surface area (Å²) in [6, 6.07) is 13.5. The van der Waals surface area contributed by atoms with Gasteiger partial charge in [-0.05, 0) is 54.3 Å². The van der Waals surface area contributed by atoms with Gasteiger partial charge < -0.3 is 15.2 Å². The Morgan fingerprint density at radius 1 is 1.19 bits per heavy atom. The highest BCUT2D eigenvalue weighted by atomic mass is 16.2. The molecule has 3 aromatic rings. The van der Waals surface area contributed by atoms with Crippen LogP contribution in [-0.2, 0) is 11.2 Å². The number of fused-ring (bicyclic) bond motifs is 1. The van der Waals surface area contributed by atoms with E-state index in [0.717, 1.165) is 36.1 Å². The zero-order valence-corrected chi connectivity index (χ0v) is 17.8. The average Bonchev–Trinajstić information content (AvgIpc) is 3.33. The summed E-state index contributed by atoms with van der Waals surface area (Å²) in [5.74, 6) is 0.258. The number of aromatic nitrogens is 2. The highest BCUT2D eigenvalue weighted by molar-refractivity contribution is 6.08. The molecule has 160 valence electrons. The Balaban J connectivity index is 1.55. The average molecular weight is 418 g/mol. The maximum atomic E-state index is 13.2. The van der Waals surface area contributed by atoms with Crippen LogP contribution in [0.3, 0.4) is 0 Å². The Morgan fingerprint density at radius 3 is 2.61 bits per heavy atom. The van der Waals surface area contributed by atoms with E-state index in [9.17, 15) is 9.59 Å². The van der Waals surface area contributed by atoms with Crippen molar-refractivity contribution < 1.29 is 9.59 Å². The van der Waals surface area contributed by atoms with Crippen LogP contribution in [0.2, 0.25) is 0 Å². The van der Waals surface area contributed by atoms with Crippen molar-refractivity contribution in [3.8, 4) is 5.69 Å². The second-order valence-corrected chi connectivity index (χ2v) is 7.68. The zero-order valence-electron chi connectivity index (χ0n) is 17.8. The topological polar surface area (TPSA) is 79.3 Å². The van der Waals surface area contributed by atoms with Gasteiger partial charge in [0.2, 0.25) is 5.91 Å². The number of benzene rings is 1. The van der Waals surface area contributed by atoms with Gasteiger partial charge in [0.25, 0.3) is 0 Å². The van der Waals surface area contributed by atoms with Gasteiger partial charge in [0.05, 0.1) is 11.7 Å². The molecule has 2 aromatic heterocycles. The number of nitrogens with zero attached hydrogens (tertiary/aromatic N) is 3. The molecule has 0 aliphatic carbocycles. The van der Waals surface area contributed by atoms with Gasteiger partial charge in [0.15, 0.2) is 5.82 Å². The number of rotatable bonds is 6. The fourth-order valence-electron chi connectivity index (χ4n) is 3.80. The third-order valence-electron chi connectivity index (χ3n) is 5.48. The number of pyridine rings is 1. The fraction of sp³-hybridized carbons (Fsp3) is 0.292. The lowest BCUT2D eigenvalue weighted by Crippen LogP contribution is -2.48. The van der Waals surface area contributed by atoms with E-state index in [-0.39, 0.29) is 24.5 Å². The monoisotopic (exact) mass is 417 g/mol. The number of hydrogen-bond donors (Lipinski definition) is 2. The van der Waals surface area contributed by atoms with Crippen molar-refractivity contribution in [3.63, 3.8) is 0 Å². The summed E-state index contributed by atoms with van der Waals surface area (Å²) in [4.78, 5) is 31.2. The van der Waals surface area contributed by atoms with Crippen LogP contribution in [0.4, 0.5) is 16.3 Å². The van der Waals surface area contributed by atoms with Crippen molar-refractivity contribution in [2.75, 3.05) is 16.8 Å². The Bertz CT molecular complexity index is 1060. The Morgan fingerprint density at radius 2 is 1.94 bits per heavy atom. The van der Waals surface area contributed by atoms with Crippen LogP contribution in [0.1, 0.15) is 43.9 Å². The third-order valence-corrected chi connectivity index (χ3v) is 5.48. The third kappa shape index (κ3) is 4.45. The lowest BCUT2D eigenvalue weighted by Gasteiger charge is -2.30. The van der Waals surface area contributed by atoms with E-state index < -0.39 is 0 Å². The van der Waals surface area contributed by atoms with Crippen LogP contribution in [-0.4, -0.2) is 28.0 Å². The quantitative estimate of drug-likeness (QED) is 0.622. The molecule has 0 fully saturated rings. The SMILES string of the molecule is CCCC(NC(=O)N1CC(=O)Nc2cc(CC)cnc21)c1ccc(-n2cccc2)cc1. The number of aryl methyl sites for hydroxylation is 1. The lowest BCUT2D eigenvalue weighted by molar-refractivity contribution is -0.115. The van der Waals surface area contributed by atoms with Gasteiger partial charge >= 0.3 is 6.03 Å². The molecule has 7 nitrogen and oxygen atoms in total. The minimum atomic E-state index is -0.319. The molecule has 1 unspecified atom stereocenters. The molecule has 31 heavy (non-hydrogen) atoms. The molecule has 0 bridgehead atoms. The molecule has 3 amide bonds. The number of carbonyl (C=O) groups is 2. The van der Waals surface area contributed by atoms with Gasteiger partial charge in [-0.3, -0.25) is 9.69 Å². The van der Waals surface area contributed by atoms with Crippen LogP contribution >= 0.6 is 0 Å². The molecule has 1 atom stereocenters. The van der Waals surface area contributed by atoms with Crippen molar-refractivity contribution in [2.45, 2.75) is 39.2 Å². The zero-order chi connectivity index (χ0) is 21.8. The fourth-order valence-corrected chi connectivity index (χ4v) is 3.80. The van der Waals surface area contributed by atoms with Gasteiger partial charge in [0, 0.05) is 24.3 Å². The van der Waals surface area contributed by atoms with E-state index in [4.69, 9.17) is 0 Å². The number of amides is 3. The van der Waals surface area contributed by atoms with Crippen molar-refractivity contribution in [3.05, 3.63) is 72.2 Å². The molecule has 0 radical (unpaired) electrons. The van der Waals surface area contributed by atoms with Crippen LogP contribution in [0.25, 0.3) is 5.69 Å². The standard InChI is InChI=1S/C24H27N5O2/c1-3-7-20(18-8-10-19(11-9-18)28-12-5-6-13-28)27-24(31)29-16-22(30)26-21-14-17(4-2)15-25-23(21)29/h5-6,8-15,20H,3-4,7,16H2,1-2H3,(H,26,30)(H,27,31). The minimum absolute atomic E-state index is 0.0529. The van der Waals surface area contributed by atoms with E-state index in [1.165, 1.54) is 4.90 Å². The second-order valence-electron chi connectivity index (χ2n) is 7.68. The van der Waals surface area contributed by atoms with Crippen LogP contribution < -0.4 is 15.5 Å². The second kappa shape index (κ2) is 9.04. The van der Waals surface area contributed by atoms with Crippen molar-refractivity contribution in [2.24, 2.45) is 0 Å². The number of carbonyl (C=O) groups excluding carboxylic acids is 2. The summed E-state index contributed by atoms with van der Waals surface area (Å²) in [5, 5.41) is 5.93. The largest absolute Gasteiger partial charge is 0.331 e. The van der Waals surface area contributed by atoms with E-state index in [1.54, 1.807) is 6.20 Å². The number of anilines is 2. The first kappa shape index (κ1) is 20.7. The Labute approximate surface area is 182 Å². The maximum Gasteiger partial charge on any atom is 0.324 e. The first-order chi connectivity index (χ1) is 15.1. The van der Waals surface area contributed by atoms with E-state index in [2.05, 4.69) is 22.5 Å². The van der Waals surface area contributed by atoms with Gasteiger partial charge in [-0.2, -0.15) is 0 Å². The summed E-state index contributed by atoms with van der Waals surface area (Å²) in [7, 11) is 0. The van der Waals surface area contributed by atoms with E-state index in [1.807, 2.05) is 66.3 Å². The summed E-state index contributed by atoms with van der Waals surface area (Å²) in [6.07, 6.45) is 8.26. The molecular weight excluding hydrogens is 390 g/mol. The van der Waals surface area contributed by atoms with Crippen molar-refractivity contribution >= 4 is 23.4 Å². The molecular formula is C24H27N5O2. The summed E-state index contributed by atoms with van der Waals surface area (Å²) in [6.45, 7) is 4.06. The summed E-state index contributed by atoms with van der Waals surface area (Å²) < 4.78 is 2.04.